The fourth-order valence-corrected chi connectivity index (χ4v) is 4.96. The van der Waals surface area contributed by atoms with E-state index in [1.165, 1.54) is 0 Å². The van der Waals surface area contributed by atoms with Crippen LogP contribution in [0.15, 0.2) is 60.7 Å². The number of hydrogen-bond donors (Lipinski definition) is 2. The van der Waals surface area contributed by atoms with Gasteiger partial charge in [0.15, 0.2) is 12.1 Å². The van der Waals surface area contributed by atoms with Crippen molar-refractivity contribution in [3.05, 3.63) is 66.2 Å². The minimum absolute atomic E-state index is 0.0168. The van der Waals surface area contributed by atoms with Crippen molar-refractivity contribution < 1.29 is 14.0 Å². The summed E-state index contributed by atoms with van der Waals surface area (Å²) in [5.74, 6) is -0.0613. The quantitative estimate of drug-likeness (QED) is 0.451. The minimum Gasteiger partial charge on any atom is -0.339 e. The lowest BCUT2D eigenvalue weighted by molar-refractivity contribution is -0.125. The number of benzene rings is 2. The molecule has 2 saturated heterocycles. The van der Waals surface area contributed by atoms with Gasteiger partial charge in [-0.2, -0.15) is 0 Å². The van der Waals surface area contributed by atoms with Gasteiger partial charge in [0.2, 0.25) is 5.91 Å². The third-order valence-corrected chi connectivity index (χ3v) is 6.87. The van der Waals surface area contributed by atoms with Gasteiger partial charge in [0.1, 0.15) is 5.54 Å². The number of ketones is 1. The second-order valence-corrected chi connectivity index (χ2v) is 8.90. The van der Waals surface area contributed by atoms with Crippen LogP contribution in [-0.4, -0.2) is 60.8 Å². The number of hydrogen-bond acceptors (Lipinski definition) is 5. The first-order valence-corrected chi connectivity index (χ1v) is 11.9. The van der Waals surface area contributed by atoms with E-state index < -0.39 is 17.9 Å². The number of nitrogens with one attached hydrogen (secondary N) is 2. The van der Waals surface area contributed by atoms with Crippen LogP contribution in [0.1, 0.15) is 43.0 Å². The first-order valence-electron chi connectivity index (χ1n) is 11.9. The monoisotopic (exact) mass is 452 g/mol. The molecule has 2 atom stereocenters. The number of nitrogens with zero attached hydrogens (tertiary/aromatic N) is 2. The largest absolute Gasteiger partial charge is 0.339 e. The Morgan fingerprint density at radius 1 is 1.09 bits per heavy atom. The lowest BCUT2D eigenvalue weighted by atomic mass is 9.85. The summed E-state index contributed by atoms with van der Waals surface area (Å²) in [6.45, 7) is 4.09. The molecule has 2 aliphatic rings. The van der Waals surface area contributed by atoms with Gasteiger partial charge in [-0.05, 0) is 37.9 Å². The third kappa shape index (κ3) is 4.94. The number of Topliss-reactive ketones (excluding diaryl/α,β-unsaturated/α-hetero) is 1. The first-order chi connectivity index (χ1) is 16.0. The molecular formula is C26H33FN4O2. The van der Waals surface area contributed by atoms with Gasteiger partial charge in [-0.1, -0.05) is 55.5 Å². The molecule has 2 fully saturated rings. The maximum atomic E-state index is 15.5. The number of alkyl halides is 1. The van der Waals surface area contributed by atoms with Gasteiger partial charge in [0.05, 0.1) is 12.7 Å². The van der Waals surface area contributed by atoms with Gasteiger partial charge >= 0.3 is 0 Å². The zero-order valence-electron chi connectivity index (χ0n) is 19.2. The molecule has 0 saturated carbocycles. The van der Waals surface area contributed by atoms with E-state index in [2.05, 4.69) is 15.5 Å². The number of piperidine rings is 1. The molecule has 2 aromatic rings. The van der Waals surface area contributed by atoms with Crippen LogP contribution in [0.25, 0.3) is 0 Å². The zero-order valence-corrected chi connectivity index (χ0v) is 19.2. The van der Waals surface area contributed by atoms with Crippen molar-refractivity contribution in [3.8, 4) is 0 Å². The van der Waals surface area contributed by atoms with Crippen LogP contribution in [-0.2, 0) is 4.79 Å². The number of likely N-dealkylation sites (tertiary alicyclic amines) is 1. The normalized spacial score (nSPS) is 19.9. The molecule has 0 aromatic heterocycles. The van der Waals surface area contributed by atoms with Gasteiger partial charge in [-0.3, -0.25) is 14.5 Å². The van der Waals surface area contributed by atoms with E-state index in [-0.39, 0.29) is 18.1 Å². The molecular weight excluding hydrogens is 419 g/mol. The van der Waals surface area contributed by atoms with Crippen molar-refractivity contribution >= 4 is 17.4 Å². The van der Waals surface area contributed by atoms with Crippen LogP contribution in [0.2, 0.25) is 0 Å². The molecule has 1 amide bonds. The third-order valence-electron chi connectivity index (χ3n) is 6.87. The number of carbonyl (C=O) groups is 2. The standard InChI is InChI=1S/C26H33FN4O2/c1-2-15-28-22(24(32)20-9-5-3-6-10-20)18-23(27)30-16-13-26(14-17-30)25(33)29-19-31(26)21-11-7-4-8-12-21/h3-12,22-23,28H,2,13-19H2,1H3,(H,29,33). The van der Waals surface area contributed by atoms with Crippen LogP contribution in [0.3, 0.4) is 0 Å². The molecule has 0 bridgehead atoms. The van der Waals surface area contributed by atoms with Crippen molar-refractivity contribution in [1.82, 2.24) is 15.5 Å². The first kappa shape index (κ1) is 23.4. The Bertz CT molecular complexity index is 932. The van der Waals surface area contributed by atoms with Gasteiger partial charge in [0.25, 0.3) is 0 Å². The van der Waals surface area contributed by atoms with Gasteiger partial charge in [0, 0.05) is 30.8 Å². The fourth-order valence-electron chi connectivity index (χ4n) is 4.96. The Hall–Kier alpha value is -2.77. The summed E-state index contributed by atoms with van der Waals surface area (Å²) in [6, 6.07) is 18.4. The summed E-state index contributed by atoms with van der Waals surface area (Å²) in [5.41, 5.74) is 0.951. The topological polar surface area (TPSA) is 64.7 Å². The fraction of sp³-hybridized carbons (Fsp3) is 0.462. The minimum atomic E-state index is -1.25. The molecule has 2 N–H and O–H groups in total. The second kappa shape index (κ2) is 10.4. The lowest BCUT2D eigenvalue weighted by Crippen LogP contribution is -2.58. The summed E-state index contributed by atoms with van der Waals surface area (Å²) in [6.07, 6.45) is 0.808. The predicted octanol–water partition coefficient (Wildman–Crippen LogP) is 3.35. The van der Waals surface area contributed by atoms with E-state index in [9.17, 15) is 9.59 Å². The van der Waals surface area contributed by atoms with E-state index in [4.69, 9.17) is 0 Å². The highest BCUT2D eigenvalue weighted by Crippen LogP contribution is 2.37. The maximum absolute atomic E-state index is 15.5. The molecule has 2 unspecified atom stereocenters. The SMILES string of the molecule is CCCNC(CC(F)N1CCC2(CC1)C(=O)NCN2c1ccccc1)C(=O)c1ccccc1. The Balaban J connectivity index is 1.42. The van der Waals surface area contributed by atoms with Crippen molar-refractivity contribution in [2.45, 2.75) is 50.5 Å². The zero-order chi connectivity index (χ0) is 23.3. The number of carbonyl (C=O) groups excluding carboxylic acids is 2. The Kier molecular flexibility index (Phi) is 7.40. The molecule has 7 heteroatoms. The van der Waals surface area contributed by atoms with Crippen LogP contribution < -0.4 is 15.5 Å². The highest BCUT2D eigenvalue weighted by Gasteiger charge is 2.51. The molecule has 176 valence electrons. The van der Waals surface area contributed by atoms with Gasteiger partial charge < -0.3 is 15.5 Å². The summed E-state index contributed by atoms with van der Waals surface area (Å²) in [4.78, 5) is 29.7. The second-order valence-electron chi connectivity index (χ2n) is 8.90. The Morgan fingerprint density at radius 3 is 2.36 bits per heavy atom. The van der Waals surface area contributed by atoms with Crippen LogP contribution in [0, 0.1) is 0 Å². The average Bonchev–Trinajstić information content (AvgIpc) is 3.17. The van der Waals surface area contributed by atoms with Crippen molar-refractivity contribution in [2.75, 3.05) is 31.2 Å². The molecule has 1 spiro atoms. The molecule has 33 heavy (non-hydrogen) atoms. The number of halogens is 1. The van der Waals surface area contributed by atoms with Crippen molar-refractivity contribution in [2.24, 2.45) is 0 Å². The van der Waals surface area contributed by atoms with Crippen molar-refractivity contribution in [1.29, 1.82) is 0 Å². The molecule has 0 radical (unpaired) electrons. The Labute approximate surface area is 195 Å². The summed E-state index contributed by atoms with van der Waals surface area (Å²) in [5, 5.41) is 6.21. The number of anilines is 1. The van der Waals surface area contributed by atoms with Gasteiger partial charge in [-0.25, -0.2) is 4.39 Å². The summed E-state index contributed by atoms with van der Waals surface area (Å²) < 4.78 is 15.5. The van der Waals surface area contributed by atoms with Crippen LogP contribution >= 0.6 is 0 Å². The van der Waals surface area contributed by atoms with E-state index in [0.29, 0.717) is 44.7 Å². The molecule has 6 nitrogen and oxygen atoms in total. The number of rotatable bonds is 9. The number of amides is 1. The predicted molar refractivity (Wildman–Crippen MR) is 128 cm³/mol. The van der Waals surface area contributed by atoms with Crippen LogP contribution in [0.5, 0.6) is 0 Å². The average molecular weight is 453 g/mol. The summed E-state index contributed by atoms with van der Waals surface area (Å²) >= 11 is 0. The van der Waals surface area contributed by atoms with Crippen LogP contribution in [0.4, 0.5) is 10.1 Å². The molecule has 2 aromatic carbocycles. The molecule has 2 aliphatic heterocycles. The lowest BCUT2D eigenvalue weighted by Gasteiger charge is -2.44. The molecule has 2 heterocycles. The highest BCUT2D eigenvalue weighted by molar-refractivity contribution is 6.00. The highest BCUT2D eigenvalue weighted by atomic mass is 19.1. The number of para-hydroxylation sites is 1. The van der Waals surface area contributed by atoms with Crippen molar-refractivity contribution in [3.63, 3.8) is 0 Å². The summed E-state index contributed by atoms with van der Waals surface area (Å²) in [7, 11) is 0. The van der Waals surface area contributed by atoms with E-state index >= 15 is 4.39 Å². The van der Waals surface area contributed by atoms with E-state index in [1.807, 2.05) is 55.5 Å². The maximum Gasteiger partial charge on any atom is 0.247 e. The van der Waals surface area contributed by atoms with E-state index in [1.54, 1.807) is 17.0 Å². The molecule has 0 aliphatic carbocycles. The van der Waals surface area contributed by atoms with E-state index in [0.717, 1.165) is 12.1 Å². The smallest absolute Gasteiger partial charge is 0.247 e. The Morgan fingerprint density at radius 2 is 1.73 bits per heavy atom. The van der Waals surface area contributed by atoms with Gasteiger partial charge in [-0.15, -0.1) is 0 Å². The molecule has 4 rings (SSSR count).